The minimum absolute atomic E-state index is 0.910. The largest absolute Gasteiger partial charge is 0.455 e. The lowest BCUT2D eigenvalue weighted by Crippen LogP contribution is -1.91. The third kappa shape index (κ3) is 4.22. The summed E-state index contributed by atoms with van der Waals surface area (Å²) in [7, 11) is 0. The Labute approximate surface area is 310 Å². The van der Waals surface area contributed by atoms with Gasteiger partial charge < -0.3 is 8.83 Å². The molecule has 12 rings (SSSR count). The third-order valence-electron chi connectivity index (χ3n) is 11.4. The van der Waals surface area contributed by atoms with Crippen molar-refractivity contribution >= 4 is 76.2 Å². The normalized spacial score (nSPS) is 12.1. The number of furan rings is 2. The Balaban J connectivity index is 1.06. The van der Waals surface area contributed by atoms with Crippen LogP contribution >= 0.6 is 0 Å². The summed E-state index contributed by atoms with van der Waals surface area (Å²) in [6.07, 6.45) is 0. The summed E-state index contributed by atoms with van der Waals surface area (Å²) < 4.78 is 12.9. The number of hydrogen-bond acceptors (Lipinski definition) is 2. The second kappa shape index (κ2) is 11.2. The number of fused-ring (bicyclic) bond motifs is 6. The summed E-state index contributed by atoms with van der Waals surface area (Å²) in [5, 5.41) is 12.2. The van der Waals surface area contributed by atoms with E-state index in [0.29, 0.717) is 0 Å². The predicted molar refractivity (Wildman–Crippen MR) is 226 cm³/mol. The highest BCUT2D eigenvalue weighted by Gasteiger charge is 2.19. The van der Waals surface area contributed by atoms with Gasteiger partial charge in [0.15, 0.2) is 0 Å². The maximum atomic E-state index is 6.48. The van der Waals surface area contributed by atoms with Crippen molar-refractivity contribution < 1.29 is 8.83 Å². The fourth-order valence-electron chi connectivity index (χ4n) is 8.94. The van der Waals surface area contributed by atoms with Gasteiger partial charge in [-0.3, -0.25) is 0 Å². The van der Waals surface area contributed by atoms with E-state index in [1.165, 1.54) is 54.6 Å². The standard InChI is InChI=1S/C52H30O2/c1-3-19-47-39(13-1)43-17-7-15-37(51(43)53-47)31-21-23-32(24-22-31)45-30-46(42-28-26-34-10-5-9-33-25-27-41(45)50(42)49(33)34)36-12-6-11-35(29-36)38-16-8-18-44-40-14-2-4-20-48(40)54-52(38)44/h1-30H. The molecule has 0 saturated heterocycles. The molecule has 0 unspecified atom stereocenters. The minimum Gasteiger partial charge on any atom is -0.455 e. The summed E-state index contributed by atoms with van der Waals surface area (Å²) >= 11 is 0. The maximum absolute atomic E-state index is 6.48. The highest BCUT2D eigenvalue weighted by atomic mass is 16.3. The van der Waals surface area contributed by atoms with E-state index in [1.807, 2.05) is 24.3 Å². The van der Waals surface area contributed by atoms with Crippen LogP contribution in [0.5, 0.6) is 0 Å². The van der Waals surface area contributed by atoms with Gasteiger partial charge >= 0.3 is 0 Å². The van der Waals surface area contributed by atoms with Crippen molar-refractivity contribution in [2.24, 2.45) is 0 Å². The van der Waals surface area contributed by atoms with Gasteiger partial charge in [0.05, 0.1) is 0 Å². The smallest absolute Gasteiger partial charge is 0.143 e. The molecule has 0 N–H and O–H groups in total. The highest BCUT2D eigenvalue weighted by molar-refractivity contribution is 6.28. The molecule has 2 heterocycles. The van der Waals surface area contributed by atoms with Gasteiger partial charge in [0.1, 0.15) is 22.3 Å². The van der Waals surface area contributed by atoms with Crippen LogP contribution in [-0.2, 0) is 0 Å². The average molecular weight is 687 g/mol. The second-order valence-corrected chi connectivity index (χ2v) is 14.4. The summed E-state index contributed by atoms with van der Waals surface area (Å²) in [5.41, 5.74) is 12.9. The predicted octanol–water partition coefficient (Wildman–Crippen LogP) is 15.1. The van der Waals surface area contributed by atoms with Gasteiger partial charge in [-0.2, -0.15) is 0 Å². The molecule has 0 bridgehead atoms. The van der Waals surface area contributed by atoms with E-state index in [0.717, 1.165) is 66.1 Å². The molecule has 250 valence electrons. The van der Waals surface area contributed by atoms with Crippen LogP contribution in [0, 0.1) is 0 Å². The average Bonchev–Trinajstić information content (AvgIpc) is 3.82. The molecule has 0 amide bonds. The van der Waals surface area contributed by atoms with E-state index in [-0.39, 0.29) is 0 Å². The molecular formula is C52H30O2. The zero-order valence-electron chi connectivity index (χ0n) is 29.1. The van der Waals surface area contributed by atoms with E-state index in [2.05, 4.69) is 158 Å². The van der Waals surface area contributed by atoms with Crippen LogP contribution < -0.4 is 0 Å². The van der Waals surface area contributed by atoms with Crippen LogP contribution in [0.4, 0.5) is 0 Å². The number of para-hydroxylation sites is 4. The molecule has 0 aliphatic carbocycles. The number of rotatable bonds is 4. The van der Waals surface area contributed by atoms with Crippen molar-refractivity contribution in [3.8, 4) is 44.5 Å². The Hall–Kier alpha value is -7.16. The van der Waals surface area contributed by atoms with Gasteiger partial charge in [-0.05, 0) is 90.0 Å². The van der Waals surface area contributed by atoms with Crippen LogP contribution in [0.1, 0.15) is 0 Å². The fourth-order valence-corrected chi connectivity index (χ4v) is 8.94. The van der Waals surface area contributed by atoms with Gasteiger partial charge in [-0.25, -0.2) is 0 Å². The van der Waals surface area contributed by atoms with Crippen molar-refractivity contribution in [3.05, 3.63) is 182 Å². The molecule has 2 aromatic heterocycles. The topological polar surface area (TPSA) is 26.3 Å². The summed E-state index contributed by atoms with van der Waals surface area (Å²) in [5.74, 6) is 0. The van der Waals surface area contributed by atoms with Crippen LogP contribution in [0.3, 0.4) is 0 Å². The molecule has 0 saturated carbocycles. The van der Waals surface area contributed by atoms with Gasteiger partial charge in [-0.15, -0.1) is 0 Å². The van der Waals surface area contributed by atoms with Crippen LogP contribution in [0.15, 0.2) is 191 Å². The zero-order valence-corrected chi connectivity index (χ0v) is 29.1. The van der Waals surface area contributed by atoms with Crippen LogP contribution in [-0.4, -0.2) is 0 Å². The molecule has 0 spiro atoms. The SMILES string of the molecule is c1cc(-c2cc(-c3ccc(-c4cccc5c4oc4ccccc45)cc3)c3ccc4cccc5ccc2c3c45)cc(-c2cccc3c2oc2ccccc23)c1. The van der Waals surface area contributed by atoms with E-state index in [4.69, 9.17) is 8.83 Å². The maximum Gasteiger partial charge on any atom is 0.143 e. The van der Waals surface area contributed by atoms with Gasteiger partial charge in [0, 0.05) is 32.7 Å². The molecule has 0 atom stereocenters. The zero-order chi connectivity index (χ0) is 35.3. The first-order chi connectivity index (χ1) is 26.8. The molecule has 2 nitrogen and oxygen atoms in total. The minimum atomic E-state index is 0.910. The Bertz CT molecular complexity index is 3420. The van der Waals surface area contributed by atoms with Crippen molar-refractivity contribution in [1.82, 2.24) is 0 Å². The van der Waals surface area contributed by atoms with Crippen molar-refractivity contribution in [3.63, 3.8) is 0 Å². The molecule has 12 aromatic rings. The van der Waals surface area contributed by atoms with Gasteiger partial charge in [-0.1, -0.05) is 158 Å². The highest BCUT2D eigenvalue weighted by Crippen LogP contribution is 2.46. The molecule has 0 aliphatic rings. The lowest BCUT2D eigenvalue weighted by Gasteiger charge is -2.18. The van der Waals surface area contributed by atoms with E-state index >= 15 is 0 Å². The first-order valence-electron chi connectivity index (χ1n) is 18.5. The third-order valence-corrected chi connectivity index (χ3v) is 11.4. The monoisotopic (exact) mass is 686 g/mol. The molecule has 0 fully saturated rings. The van der Waals surface area contributed by atoms with E-state index in [1.54, 1.807) is 0 Å². The van der Waals surface area contributed by atoms with Crippen molar-refractivity contribution in [1.29, 1.82) is 0 Å². The van der Waals surface area contributed by atoms with Gasteiger partial charge in [0.2, 0.25) is 0 Å². The van der Waals surface area contributed by atoms with Crippen LogP contribution in [0.25, 0.3) is 121 Å². The lowest BCUT2D eigenvalue weighted by atomic mass is 9.85. The molecular weight excluding hydrogens is 657 g/mol. The second-order valence-electron chi connectivity index (χ2n) is 14.4. The fraction of sp³-hybridized carbons (Fsp3) is 0. The van der Waals surface area contributed by atoms with E-state index < -0.39 is 0 Å². The molecule has 0 aliphatic heterocycles. The molecule has 10 aromatic carbocycles. The quantitative estimate of drug-likeness (QED) is 0.172. The first kappa shape index (κ1) is 29.4. The Morgan fingerprint density at radius 3 is 1.33 bits per heavy atom. The Kier molecular flexibility index (Phi) is 6.09. The molecule has 2 heteroatoms. The number of hydrogen-bond donors (Lipinski definition) is 0. The molecule has 54 heavy (non-hydrogen) atoms. The Morgan fingerprint density at radius 2 is 0.722 bits per heavy atom. The molecule has 0 radical (unpaired) electrons. The van der Waals surface area contributed by atoms with Crippen molar-refractivity contribution in [2.75, 3.05) is 0 Å². The summed E-state index contributed by atoms with van der Waals surface area (Å²) in [6.45, 7) is 0. The number of benzene rings is 10. The van der Waals surface area contributed by atoms with E-state index in [9.17, 15) is 0 Å². The van der Waals surface area contributed by atoms with Crippen molar-refractivity contribution in [2.45, 2.75) is 0 Å². The lowest BCUT2D eigenvalue weighted by molar-refractivity contribution is 0.669. The van der Waals surface area contributed by atoms with Crippen LogP contribution in [0.2, 0.25) is 0 Å². The first-order valence-corrected chi connectivity index (χ1v) is 18.5. The Morgan fingerprint density at radius 1 is 0.259 bits per heavy atom. The summed E-state index contributed by atoms with van der Waals surface area (Å²) in [4.78, 5) is 0. The van der Waals surface area contributed by atoms with Gasteiger partial charge in [0.25, 0.3) is 0 Å². The summed E-state index contributed by atoms with van der Waals surface area (Å²) in [6, 6.07) is 65.6.